The van der Waals surface area contributed by atoms with Gasteiger partial charge in [0.05, 0.1) is 11.5 Å². The molecule has 1 atom stereocenters. The van der Waals surface area contributed by atoms with Crippen molar-refractivity contribution in [1.29, 1.82) is 0 Å². The molecule has 1 aliphatic heterocycles. The molecule has 1 fully saturated rings. The van der Waals surface area contributed by atoms with E-state index in [0.717, 1.165) is 0 Å². The molecule has 1 aromatic heterocycles. The van der Waals surface area contributed by atoms with E-state index in [0.29, 0.717) is 13.0 Å². The number of amides is 2. The maximum absolute atomic E-state index is 12.2. The van der Waals surface area contributed by atoms with Crippen molar-refractivity contribution in [2.75, 3.05) is 13.1 Å². The third-order valence-corrected chi connectivity index (χ3v) is 3.12. The van der Waals surface area contributed by atoms with E-state index in [2.05, 4.69) is 4.98 Å². The van der Waals surface area contributed by atoms with Crippen LogP contribution >= 0.6 is 0 Å². The van der Waals surface area contributed by atoms with Crippen LogP contribution in [0, 0.1) is 5.92 Å². The monoisotopic (exact) mass is 263 g/mol. The number of nitrogens with two attached hydrogens (primary N) is 1. The van der Waals surface area contributed by atoms with Crippen LogP contribution in [0.3, 0.4) is 0 Å². The van der Waals surface area contributed by atoms with E-state index in [1.54, 1.807) is 0 Å². The number of carboxylic acid groups (broad SMARTS) is 1. The Bertz CT molecular complexity index is 544. The molecule has 1 aliphatic rings. The number of aromatic nitrogens is 1. The minimum absolute atomic E-state index is 0.111. The van der Waals surface area contributed by atoms with Crippen LogP contribution in [-0.2, 0) is 4.79 Å². The fourth-order valence-corrected chi connectivity index (χ4v) is 2.08. The lowest BCUT2D eigenvalue weighted by molar-refractivity contribution is -0.121. The van der Waals surface area contributed by atoms with E-state index in [1.165, 1.54) is 23.2 Å². The molecule has 100 valence electrons. The summed E-state index contributed by atoms with van der Waals surface area (Å²) in [5.74, 6) is -2.51. The Kier molecular flexibility index (Phi) is 3.46. The second-order valence-corrected chi connectivity index (χ2v) is 4.34. The molecule has 7 heteroatoms. The second kappa shape index (κ2) is 5.05. The minimum Gasteiger partial charge on any atom is -0.478 e. The number of carbonyl (C=O) groups is 3. The summed E-state index contributed by atoms with van der Waals surface area (Å²) in [5, 5.41) is 9.01. The normalized spacial score (nSPS) is 18.3. The average molecular weight is 263 g/mol. The molecule has 2 heterocycles. The molecule has 0 aliphatic carbocycles. The summed E-state index contributed by atoms with van der Waals surface area (Å²) >= 11 is 0. The third-order valence-electron chi connectivity index (χ3n) is 3.12. The van der Waals surface area contributed by atoms with E-state index < -0.39 is 17.8 Å². The first-order valence-corrected chi connectivity index (χ1v) is 5.77. The number of likely N-dealkylation sites (tertiary alicyclic amines) is 1. The summed E-state index contributed by atoms with van der Waals surface area (Å²) < 4.78 is 0. The van der Waals surface area contributed by atoms with Crippen LogP contribution in [-0.4, -0.2) is 45.9 Å². The maximum Gasteiger partial charge on any atom is 0.338 e. The van der Waals surface area contributed by atoms with Gasteiger partial charge in [-0.2, -0.15) is 0 Å². The number of hydrogen-bond donors (Lipinski definition) is 2. The largest absolute Gasteiger partial charge is 0.478 e. The van der Waals surface area contributed by atoms with Crippen LogP contribution in [0.15, 0.2) is 18.3 Å². The highest BCUT2D eigenvalue weighted by molar-refractivity contribution is 6.03. The number of aromatic carboxylic acids is 1. The van der Waals surface area contributed by atoms with Crippen LogP contribution in [0.1, 0.15) is 27.3 Å². The number of hydrogen-bond acceptors (Lipinski definition) is 4. The predicted octanol–water partition coefficient (Wildman–Crippen LogP) is -0.273. The lowest BCUT2D eigenvalue weighted by Gasteiger charge is -2.16. The van der Waals surface area contributed by atoms with Crippen LogP contribution in [0.25, 0.3) is 0 Å². The summed E-state index contributed by atoms with van der Waals surface area (Å²) in [4.78, 5) is 39.5. The van der Waals surface area contributed by atoms with E-state index in [1.807, 2.05) is 0 Å². The fraction of sp³-hybridized carbons (Fsp3) is 0.333. The van der Waals surface area contributed by atoms with Gasteiger partial charge in [0.15, 0.2) is 0 Å². The summed E-state index contributed by atoms with van der Waals surface area (Å²) in [6.45, 7) is 0.589. The molecule has 19 heavy (non-hydrogen) atoms. The molecule has 1 saturated heterocycles. The molecule has 0 saturated carbocycles. The van der Waals surface area contributed by atoms with Crippen molar-refractivity contribution < 1.29 is 19.5 Å². The Morgan fingerprint density at radius 2 is 2.16 bits per heavy atom. The highest BCUT2D eigenvalue weighted by atomic mass is 16.4. The number of carbonyl (C=O) groups excluding carboxylic acids is 2. The first kappa shape index (κ1) is 13.0. The topological polar surface area (TPSA) is 114 Å². The van der Waals surface area contributed by atoms with Gasteiger partial charge in [-0.15, -0.1) is 0 Å². The van der Waals surface area contributed by atoms with Gasteiger partial charge in [0.25, 0.3) is 5.91 Å². The quantitative estimate of drug-likeness (QED) is 0.779. The smallest absolute Gasteiger partial charge is 0.338 e. The molecule has 2 rings (SSSR count). The highest BCUT2D eigenvalue weighted by Gasteiger charge is 2.32. The Morgan fingerprint density at radius 3 is 2.74 bits per heavy atom. The number of pyridine rings is 1. The molecular weight excluding hydrogens is 250 g/mol. The average Bonchev–Trinajstić information content (AvgIpc) is 2.87. The number of nitrogens with zero attached hydrogens (tertiary/aromatic N) is 2. The molecule has 0 aromatic carbocycles. The zero-order chi connectivity index (χ0) is 14.0. The lowest BCUT2D eigenvalue weighted by Crippen LogP contribution is -2.33. The van der Waals surface area contributed by atoms with Crippen LogP contribution in [0.5, 0.6) is 0 Å². The Labute approximate surface area is 109 Å². The molecule has 2 amide bonds. The van der Waals surface area contributed by atoms with Gasteiger partial charge in [-0.05, 0) is 18.6 Å². The Balaban J connectivity index is 2.22. The molecule has 0 bridgehead atoms. The lowest BCUT2D eigenvalue weighted by atomic mass is 10.1. The van der Waals surface area contributed by atoms with Crippen molar-refractivity contribution in [2.24, 2.45) is 11.7 Å². The predicted molar refractivity (Wildman–Crippen MR) is 64.4 cm³/mol. The van der Waals surface area contributed by atoms with Gasteiger partial charge in [0, 0.05) is 19.3 Å². The number of rotatable bonds is 3. The van der Waals surface area contributed by atoms with E-state index in [-0.39, 0.29) is 23.7 Å². The second-order valence-electron chi connectivity index (χ2n) is 4.34. The summed E-state index contributed by atoms with van der Waals surface area (Å²) in [6.07, 6.45) is 1.86. The molecule has 1 aromatic rings. The van der Waals surface area contributed by atoms with Crippen LogP contribution < -0.4 is 5.73 Å². The number of carboxylic acids is 1. The SMILES string of the molecule is NC(=O)C1CCN(C(=O)c2ncccc2C(=O)O)C1. The van der Waals surface area contributed by atoms with Gasteiger partial charge < -0.3 is 15.7 Å². The standard InChI is InChI=1S/C12H13N3O4/c13-10(16)7-3-5-15(6-7)11(17)9-8(12(18)19)2-1-4-14-9/h1-2,4,7H,3,5-6H2,(H2,13,16)(H,18,19). The van der Waals surface area contributed by atoms with Gasteiger partial charge >= 0.3 is 5.97 Å². The maximum atomic E-state index is 12.2. The zero-order valence-electron chi connectivity index (χ0n) is 10.1. The van der Waals surface area contributed by atoms with Crippen molar-refractivity contribution in [3.63, 3.8) is 0 Å². The van der Waals surface area contributed by atoms with Crippen molar-refractivity contribution in [3.8, 4) is 0 Å². The van der Waals surface area contributed by atoms with E-state index in [9.17, 15) is 14.4 Å². The van der Waals surface area contributed by atoms with Crippen molar-refractivity contribution in [2.45, 2.75) is 6.42 Å². The van der Waals surface area contributed by atoms with Gasteiger partial charge in [0.2, 0.25) is 5.91 Å². The van der Waals surface area contributed by atoms with Crippen molar-refractivity contribution in [1.82, 2.24) is 9.88 Å². The summed E-state index contributed by atoms with van der Waals surface area (Å²) in [7, 11) is 0. The molecule has 0 spiro atoms. The molecule has 7 nitrogen and oxygen atoms in total. The Hall–Kier alpha value is -2.44. The van der Waals surface area contributed by atoms with E-state index in [4.69, 9.17) is 10.8 Å². The fourth-order valence-electron chi connectivity index (χ4n) is 2.08. The van der Waals surface area contributed by atoms with Crippen LogP contribution in [0.2, 0.25) is 0 Å². The van der Waals surface area contributed by atoms with Crippen molar-refractivity contribution >= 4 is 17.8 Å². The molecule has 0 radical (unpaired) electrons. The van der Waals surface area contributed by atoms with Crippen LogP contribution in [0.4, 0.5) is 0 Å². The molecule has 1 unspecified atom stereocenters. The minimum atomic E-state index is -1.21. The summed E-state index contributed by atoms with van der Waals surface area (Å²) in [5.41, 5.74) is 4.94. The molecular formula is C12H13N3O4. The van der Waals surface area contributed by atoms with E-state index >= 15 is 0 Å². The third kappa shape index (κ3) is 2.54. The van der Waals surface area contributed by atoms with Gasteiger partial charge in [-0.25, -0.2) is 4.79 Å². The van der Waals surface area contributed by atoms with Gasteiger partial charge in [-0.1, -0.05) is 0 Å². The van der Waals surface area contributed by atoms with Crippen molar-refractivity contribution in [3.05, 3.63) is 29.6 Å². The first-order valence-electron chi connectivity index (χ1n) is 5.77. The first-order chi connectivity index (χ1) is 9.00. The van der Waals surface area contributed by atoms with Gasteiger partial charge in [-0.3, -0.25) is 14.6 Å². The highest BCUT2D eigenvalue weighted by Crippen LogP contribution is 2.19. The zero-order valence-corrected chi connectivity index (χ0v) is 10.1. The Morgan fingerprint density at radius 1 is 1.42 bits per heavy atom. The molecule has 3 N–H and O–H groups in total. The summed E-state index contributed by atoms with van der Waals surface area (Å²) in [6, 6.07) is 2.78. The number of primary amides is 1. The van der Waals surface area contributed by atoms with Gasteiger partial charge in [0.1, 0.15) is 5.69 Å².